The first-order valence-electron chi connectivity index (χ1n) is 8.95. The van der Waals surface area contributed by atoms with E-state index in [1.807, 2.05) is 28.2 Å². The number of likely N-dealkylation sites (tertiary alicyclic amines) is 1. The summed E-state index contributed by atoms with van der Waals surface area (Å²) in [5.74, 6) is 0.641. The smallest absolute Gasteiger partial charge is 0.205 e. The van der Waals surface area contributed by atoms with E-state index in [2.05, 4.69) is 34.6 Å². The molecule has 0 bridgehead atoms. The third-order valence-corrected chi connectivity index (χ3v) is 6.52. The predicted octanol–water partition coefficient (Wildman–Crippen LogP) is 2.77. The molecule has 0 aromatic heterocycles. The van der Waals surface area contributed by atoms with Crippen LogP contribution in [0.5, 0.6) is 0 Å². The molecule has 0 aromatic rings. The molecular formula is C17H35N4O2P. The third-order valence-electron chi connectivity index (χ3n) is 4.30. The van der Waals surface area contributed by atoms with E-state index < -0.39 is 8.38 Å². The van der Waals surface area contributed by atoms with Crippen LogP contribution in [-0.2, 0) is 9.05 Å². The molecular weight excluding hydrogens is 323 g/mol. The van der Waals surface area contributed by atoms with Crippen molar-refractivity contribution in [3.63, 3.8) is 0 Å². The van der Waals surface area contributed by atoms with Gasteiger partial charge in [-0.05, 0) is 53.5 Å². The zero-order valence-corrected chi connectivity index (χ0v) is 17.1. The summed E-state index contributed by atoms with van der Waals surface area (Å²) in [6.45, 7) is 8.13. The van der Waals surface area contributed by atoms with Crippen LogP contribution in [-0.4, -0.2) is 81.1 Å². The van der Waals surface area contributed by atoms with Crippen LogP contribution in [0.15, 0.2) is 0 Å². The summed E-state index contributed by atoms with van der Waals surface area (Å²) in [6.07, 6.45) is 2.92. The van der Waals surface area contributed by atoms with Crippen LogP contribution in [0, 0.1) is 17.2 Å². The van der Waals surface area contributed by atoms with Gasteiger partial charge in [-0.2, -0.15) is 5.26 Å². The van der Waals surface area contributed by atoms with E-state index in [1.165, 1.54) is 6.42 Å². The van der Waals surface area contributed by atoms with Crippen LogP contribution in [0.1, 0.15) is 33.1 Å². The topological polar surface area (TPSA) is 52.0 Å². The maximum Gasteiger partial charge on any atom is 0.205 e. The van der Waals surface area contributed by atoms with E-state index in [4.69, 9.17) is 14.3 Å². The molecule has 0 radical (unpaired) electrons. The molecule has 6 nitrogen and oxygen atoms in total. The van der Waals surface area contributed by atoms with Crippen molar-refractivity contribution < 1.29 is 9.05 Å². The number of nitriles is 1. The number of hydrogen-bond acceptors (Lipinski definition) is 6. The van der Waals surface area contributed by atoms with Gasteiger partial charge in [0.25, 0.3) is 0 Å². The fourth-order valence-corrected chi connectivity index (χ4v) is 5.08. The minimum absolute atomic E-state index is 0.0800. The first kappa shape index (κ1) is 21.8. The number of rotatable bonds is 11. The molecule has 1 rings (SSSR count). The Bertz CT molecular complexity index is 381. The largest absolute Gasteiger partial charge is 0.331 e. The average molecular weight is 358 g/mol. The third kappa shape index (κ3) is 6.55. The van der Waals surface area contributed by atoms with Crippen molar-refractivity contribution >= 4 is 8.38 Å². The molecule has 24 heavy (non-hydrogen) atoms. The molecule has 1 aliphatic rings. The van der Waals surface area contributed by atoms with Crippen molar-refractivity contribution in [2.24, 2.45) is 5.92 Å². The Morgan fingerprint density at radius 2 is 1.88 bits per heavy atom. The van der Waals surface area contributed by atoms with E-state index in [-0.39, 0.29) is 12.0 Å². The van der Waals surface area contributed by atoms with Crippen molar-refractivity contribution in [1.29, 1.82) is 5.26 Å². The normalized spacial score (nSPS) is 23.3. The summed E-state index contributed by atoms with van der Waals surface area (Å²) in [5, 5.41) is 8.80. The van der Waals surface area contributed by atoms with Crippen molar-refractivity contribution in [1.82, 2.24) is 14.7 Å². The quantitative estimate of drug-likeness (QED) is 0.322. The first-order valence-corrected chi connectivity index (χ1v) is 10.2. The zero-order valence-electron chi connectivity index (χ0n) is 16.2. The van der Waals surface area contributed by atoms with Crippen LogP contribution < -0.4 is 0 Å². The van der Waals surface area contributed by atoms with Crippen LogP contribution in [0.2, 0.25) is 0 Å². The summed E-state index contributed by atoms with van der Waals surface area (Å²) in [4.78, 5) is 6.78. The lowest BCUT2D eigenvalue weighted by molar-refractivity contribution is 0.109. The molecule has 0 spiro atoms. The summed E-state index contributed by atoms with van der Waals surface area (Å²) >= 11 is 0. The summed E-state index contributed by atoms with van der Waals surface area (Å²) < 4.78 is 12.6. The van der Waals surface area contributed by atoms with Gasteiger partial charge in [0.2, 0.25) is 8.38 Å². The van der Waals surface area contributed by atoms with E-state index in [9.17, 15) is 0 Å². The predicted molar refractivity (Wildman–Crippen MR) is 99.6 cm³/mol. The van der Waals surface area contributed by atoms with E-state index in [1.54, 1.807) is 0 Å². The molecule has 0 aromatic carbocycles. The van der Waals surface area contributed by atoms with Crippen LogP contribution in [0.3, 0.4) is 0 Å². The maximum absolute atomic E-state index is 8.80. The standard InChI is InChI=1S/C17H35N4O2P/c1-7-11-21-13-15(8-2)16(14-21)23-24(22-12-9-10-18)17(19(3)4)20(5)6/h15-17H,7-9,11-14H2,1-6H3/t15-,16-,24?/m1/s1. The monoisotopic (exact) mass is 358 g/mol. The van der Waals surface area contributed by atoms with Gasteiger partial charge < -0.3 is 13.9 Å². The van der Waals surface area contributed by atoms with E-state index in [0.717, 1.165) is 26.1 Å². The molecule has 1 aliphatic heterocycles. The number of hydrogen-bond donors (Lipinski definition) is 0. The summed E-state index contributed by atoms with van der Waals surface area (Å²) in [5.41, 5.74) is 0. The molecule has 7 heteroatoms. The maximum atomic E-state index is 8.80. The van der Waals surface area contributed by atoms with Gasteiger partial charge in [-0.25, -0.2) is 0 Å². The molecule has 0 aliphatic carbocycles. The number of nitrogens with zero attached hydrogens (tertiary/aromatic N) is 4. The molecule has 1 fully saturated rings. The molecule has 0 saturated carbocycles. The fraction of sp³-hybridized carbons (Fsp3) is 0.941. The Labute approximate surface area is 149 Å². The van der Waals surface area contributed by atoms with Gasteiger partial charge in [-0.15, -0.1) is 0 Å². The van der Waals surface area contributed by atoms with Gasteiger partial charge in [0.1, 0.15) is 5.91 Å². The zero-order chi connectivity index (χ0) is 18.1. The highest BCUT2D eigenvalue weighted by molar-refractivity contribution is 7.47. The van der Waals surface area contributed by atoms with Gasteiger partial charge in [0.05, 0.1) is 25.2 Å². The summed E-state index contributed by atoms with van der Waals surface area (Å²) in [6, 6.07) is 2.15. The average Bonchev–Trinajstić information content (AvgIpc) is 2.88. The Morgan fingerprint density at radius 1 is 1.21 bits per heavy atom. The van der Waals surface area contributed by atoms with Gasteiger partial charge in [0, 0.05) is 13.1 Å². The SMILES string of the molecule is CCCN1C[C@@H](CC)[C@H](OP(OCCC#N)C(N(C)C)N(C)C)C1. The van der Waals surface area contributed by atoms with Gasteiger partial charge in [-0.1, -0.05) is 13.8 Å². The summed E-state index contributed by atoms with van der Waals surface area (Å²) in [7, 11) is 7.08. The minimum Gasteiger partial charge on any atom is -0.331 e. The lowest BCUT2D eigenvalue weighted by Gasteiger charge is -2.37. The Hall–Kier alpha value is -0.280. The van der Waals surface area contributed by atoms with E-state index >= 15 is 0 Å². The second-order valence-electron chi connectivity index (χ2n) is 6.87. The molecule has 3 atom stereocenters. The first-order chi connectivity index (χ1) is 11.4. The minimum atomic E-state index is -1.11. The lowest BCUT2D eigenvalue weighted by Crippen LogP contribution is -2.41. The van der Waals surface area contributed by atoms with Gasteiger partial charge >= 0.3 is 0 Å². The molecule has 140 valence electrons. The fourth-order valence-electron chi connectivity index (χ4n) is 3.24. The molecule has 0 N–H and O–H groups in total. The van der Waals surface area contributed by atoms with Crippen molar-refractivity contribution in [2.75, 3.05) is 54.4 Å². The molecule has 0 amide bonds. The Balaban J connectivity index is 2.80. The van der Waals surface area contributed by atoms with Gasteiger partial charge in [0.15, 0.2) is 0 Å². The Morgan fingerprint density at radius 3 is 2.38 bits per heavy atom. The second kappa shape index (κ2) is 11.4. The molecule has 1 heterocycles. The van der Waals surface area contributed by atoms with Crippen molar-refractivity contribution in [2.45, 2.75) is 45.1 Å². The van der Waals surface area contributed by atoms with Crippen molar-refractivity contribution in [3.05, 3.63) is 0 Å². The van der Waals surface area contributed by atoms with Crippen LogP contribution in [0.25, 0.3) is 0 Å². The highest BCUT2D eigenvalue weighted by atomic mass is 31.2. The highest BCUT2D eigenvalue weighted by Gasteiger charge is 2.37. The van der Waals surface area contributed by atoms with Crippen molar-refractivity contribution in [3.8, 4) is 6.07 Å². The molecule has 1 saturated heterocycles. The molecule has 1 unspecified atom stereocenters. The second-order valence-corrected chi connectivity index (χ2v) is 8.37. The lowest BCUT2D eigenvalue weighted by atomic mass is 10.0. The van der Waals surface area contributed by atoms with Crippen LogP contribution >= 0.6 is 8.38 Å². The van der Waals surface area contributed by atoms with Gasteiger partial charge in [-0.3, -0.25) is 9.80 Å². The van der Waals surface area contributed by atoms with Crippen LogP contribution in [0.4, 0.5) is 0 Å². The highest BCUT2D eigenvalue weighted by Crippen LogP contribution is 2.48. The Kier molecular flexibility index (Phi) is 10.3. The van der Waals surface area contributed by atoms with E-state index in [0.29, 0.717) is 18.9 Å².